The molecule has 0 saturated heterocycles. The van der Waals surface area contributed by atoms with Crippen LogP contribution >= 0.6 is 0 Å². The molecule has 0 N–H and O–H groups in total. The highest BCUT2D eigenvalue weighted by Gasteiger charge is 2.38. The topological polar surface area (TPSA) is 49.6 Å². The van der Waals surface area contributed by atoms with Crippen molar-refractivity contribution >= 4 is 0 Å². The fourth-order valence-corrected chi connectivity index (χ4v) is 1.89. The Morgan fingerprint density at radius 2 is 1.89 bits per heavy atom. The Morgan fingerprint density at radius 1 is 1.33 bits per heavy atom. The Bertz CT molecular complexity index is 471. The Balaban J connectivity index is 2.24. The standard InChI is InChI=1S/C12H12F3N3/c1-11(7-16,4-8-2-3-8)9-5-17-10(18-6-9)12(13,14)15/h5-6,8H,2-4H2,1H3/t11-/m1/s1. The second-order valence-electron chi connectivity index (χ2n) is 4.88. The summed E-state index contributed by atoms with van der Waals surface area (Å²) in [6.07, 6.45) is 0.497. The minimum absolute atomic E-state index is 0.449. The van der Waals surface area contributed by atoms with Crippen molar-refractivity contribution in [3.63, 3.8) is 0 Å². The van der Waals surface area contributed by atoms with Crippen molar-refractivity contribution in [1.29, 1.82) is 5.26 Å². The number of hydrogen-bond acceptors (Lipinski definition) is 3. The van der Waals surface area contributed by atoms with Gasteiger partial charge in [0.15, 0.2) is 0 Å². The molecule has 0 amide bonds. The summed E-state index contributed by atoms with van der Waals surface area (Å²) < 4.78 is 37.0. The highest BCUT2D eigenvalue weighted by molar-refractivity contribution is 5.27. The fourth-order valence-electron chi connectivity index (χ4n) is 1.89. The molecule has 0 radical (unpaired) electrons. The van der Waals surface area contributed by atoms with Gasteiger partial charge in [-0.25, -0.2) is 9.97 Å². The summed E-state index contributed by atoms with van der Waals surface area (Å²) in [5.74, 6) is -0.671. The molecule has 0 spiro atoms. The Hall–Kier alpha value is -1.64. The zero-order valence-electron chi connectivity index (χ0n) is 9.83. The van der Waals surface area contributed by atoms with Gasteiger partial charge >= 0.3 is 6.18 Å². The summed E-state index contributed by atoms with van der Waals surface area (Å²) in [7, 11) is 0. The first-order valence-electron chi connectivity index (χ1n) is 5.66. The van der Waals surface area contributed by atoms with Crippen molar-refractivity contribution in [3.05, 3.63) is 23.8 Å². The quantitative estimate of drug-likeness (QED) is 0.833. The zero-order valence-corrected chi connectivity index (χ0v) is 9.83. The third-order valence-corrected chi connectivity index (χ3v) is 3.18. The number of halogens is 3. The van der Waals surface area contributed by atoms with Crippen molar-refractivity contribution in [3.8, 4) is 6.07 Å². The van der Waals surface area contributed by atoms with Gasteiger partial charge in [-0.3, -0.25) is 0 Å². The highest BCUT2D eigenvalue weighted by atomic mass is 19.4. The third-order valence-electron chi connectivity index (χ3n) is 3.18. The average Bonchev–Trinajstić information content (AvgIpc) is 3.12. The number of nitrogens with zero attached hydrogens (tertiary/aromatic N) is 3. The molecule has 6 heteroatoms. The molecule has 1 fully saturated rings. The molecule has 0 aliphatic heterocycles. The van der Waals surface area contributed by atoms with E-state index in [-0.39, 0.29) is 0 Å². The molecule has 1 aromatic heterocycles. The number of aromatic nitrogens is 2. The minimum atomic E-state index is -4.54. The van der Waals surface area contributed by atoms with Crippen LogP contribution in [0.15, 0.2) is 12.4 Å². The van der Waals surface area contributed by atoms with E-state index >= 15 is 0 Å². The van der Waals surface area contributed by atoms with E-state index in [1.54, 1.807) is 6.92 Å². The first kappa shape index (κ1) is 12.8. The van der Waals surface area contributed by atoms with E-state index < -0.39 is 17.4 Å². The van der Waals surface area contributed by atoms with Crippen molar-refractivity contribution in [2.45, 2.75) is 37.8 Å². The van der Waals surface area contributed by atoms with E-state index in [0.29, 0.717) is 17.9 Å². The lowest BCUT2D eigenvalue weighted by atomic mass is 9.81. The first-order chi connectivity index (χ1) is 8.35. The number of nitriles is 1. The normalized spacial score (nSPS) is 19.1. The zero-order chi connectivity index (χ0) is 13.4. The van der Waals surface area contributed by atoms with E-state index in [0.717, 1.165) is 25.2 Å². The molecule has 96 valence electrons. The first-order valence-corrected chi connectivity index (χ1v) is 5.66. The van der Waals surface area contributed by atoms with Gasteiger partial charge in [0.05, 0.1) is 11.5 Å². The molecule has 1 saturated carbocycles. The molecule has 1 atom stereocenters. The van der Waals surface area contributed by atoms with Crippen LogP contribution in [0.4, 0.5) is 13.2 Å². The van der Waals surface area contributed by atoms with Crippen LogP contribution < -0.4 is 0 Å². The van der Waals surface area contributed by atoms with Crippen LogP contribution in [0.1, 0.15) is 37.6 Å². The van der Waals surface area contributed by atoms with Crippen LogP contribution in [0.25, 0.3) is 0 Å². The van der Waals surface area contributed by atoms with Gasteiger partial charge in [0.2, 0.25) is 5.82 Å². The molecule has 1 aliphatic carbocycles. The maximum atomic E-state index is 12.3. The van der Waals surface area contributed by atoms with Crippen molar-refractivity contribution < 1.29 is 13.2 Å². The van der Waals surface area contributed by atoms with E-state index in [9.17, 15) is 18.4 Å². The maximum Gasteiger partial charge on any atom is 0.451 e. The Kier molecular flexibility index (Phi) is 3.01. The van der Waals surface area contributed by atoms with E-state index in [1.165, 1.54) is 0 Å². The molecule has 1 heterocycles. The van der Waals surface area contributed by atoms with Crippen LogP contribution in [0.5, 0.6) is 0 Å². The molecular weight excluding hydrogens is 243 g/mol. The summed E-state index contributed by atoms with van der Waals surface area (Å²) in [5.41, 5.74) is -0.351. The Morgan fingerprint density at radius 3 is 2.28 bits per heavy atom. The van der Waals surface area contributed by atoms with Crippen LogP contribution in [0.3, 0.4) is 0 Å². The van der Waals surface area contributed by atoms with Crippen molar-refractivity contribution in [1.82, 2.24) is 9.97 Å². The molecule has 0 unspecified atom stereocenters. The predicted molar refractivity (Wildman–Crippen MR) is 57.3 cm³/mol. The number of hydrogen-bond donors (Lipinski definition) is 0. The van der Waals surface area contributed by atoms with Crippen molar-refractivity contribution in [2.75, 3.05) is 0 Å². The second kappa shape index (κ2) is 4.23. The lowest BCUT2D eigenvalue weighted by Crippen LogP contribution is -2.22. The third kappa shape index (κ3) is 2.61. The molecule has 1 aliphatic rings. The fraction of sp³-hybridized carbons (Fsp3) is 0.583. The van der Waals surface area contributed by atoms with Gasteiger partial charge in [0.25, 0.3) is 0 Å². The number of rotatable bonds is 3. The summed E-state index contributed by atoms with van der Waals surface area (Å²) in [6.45, 7) is 1.72. The summed E-state index contributed by atoms with van der Waals surface area (Å²) >= 11 is 0. The van der Waals surface area contributed by atoms with Crippen molar-refractivity contribution in [2.24, 2.45) is 5.92 Å². The smallest absolute Gasteiger partial charge is 0.233 e. The molecule has 0 aromatic carbocycles. The molecule has 3 nitrogen and oxygen atoms in total. The second-order valence-corrected chi connectivity index (χ2v) is 4.88. The monoisotopic (exact) mass is 255 g/mol. The molecular formula is C12H12F3N3. The Labute approximate surface area is 103 Å². The van der Waals surface area contributed by atoms with Crippen LogP contribution in [-0.4, -0.2) is 9.97 Å². The SMILES string of the molecule is C[C@](C#N)(CC1CC1)c1cnc(C(F)(F)F)nc1. The molecule has 1 aromatic rings. The summed E-state index contributed by atoms with van der Waals surface area (Å²) in [4.78, 5) is 6.61. The van der Waals surface area contributed by atoms with Crippen LogP contribution in [0.2, 0.25) is 0 Å². The van der Waals surface area contributed by atoms with Gasteiger partial charge in [0, 0.05) is 18.0 Å². The largest absolute Gasteiger partial charge is 0.451 e. The van der Waals surface area contributed by atoms with E-state index in [1.807, 2.05) is 0 Å². The lowest BCUT2D eigenvalue weighted by molar-refractivity contribution is -0.145. The predicted octanol–water partition coefficient (Wildman–Crippen LogP) is 3.08. The summed E-state index contributed by atoms with van der Waals surface area (Å²) in [6, 6.07) is 2.16. The van der Waals surface area contributed by atoms with Gasteiger partial charge < -0.3 is 0 Å². The van der Waals surface area contributed by atoms with Gasteiger partial charge in [0.1, 0.15) is 0 Å². The van der Waals surface area contributed by atoms with Gasteiger partial charge in [-0.15, -0.1) is 0 Å². The summed E-state index contributed by atoms with van der Waals surface area (Å²) in [5, 5.41) is 9.22. The molecule has 2 rings (SSSR count). The molecule has 0 bridgehead atoms. The van der Waals surface area contributed by atoms with E-state index in [4.69, 9.17) is 0 Å². The van der Waals surface area contributed by atoms with Crippen LogP contribution in [0, 0.1) is 17.2 Å². The van der Waals surface area contributed by atoms with Gasteiger partial charge in [-0.05, 0) is 19.3 Å². The van der Waals surface area contributed by atoms with Crippen LogP contribution in [-0.2, 0) is 11.6 Å². The highest BCUT2D eigenvalue weighted by Crippen LogP contribution is 2.41. The number of alkyl halides is 3. The van der Waals surface area contributed by atoms with Gasteiger partial charge in [-0.2, -0.15) is 18.4 Å². The molecule has 18 heavy (non-hydrogen) atoms. The lowest BCUT2D eigenvalue weighted by Gasteiger charge is -2.21. The van der Waals surface area contributed by atoms with E-state index in [2.05, 4.69) is 16.0 Å². The average molecular weight is 255 g/mol. The minimum Gasteiger partial charge on any atom is -0.233 e. The maximum absolute atomic E-state index is 12.3. The van der Waals surface area contributed by atoms with Gasteiger partial charge in [-0.1, -0.05) is 12.8 Å².